The Labute approximate surface area is 177 Å². The van der Waals surface area contributed by atoms with Gasteiger partial charge >= 0.3 is 0 Å². The molecule has 3 rings (SSSR count). The van der Waals surface area contributed by atoms with Crippen LogP contribution in [0.3, 0.4) is 0 Å². The molecule has 0 bridgehead atoms. The molecule has 4 nitrogen and oxygen atoms in total. The van der Waals surface area contributed by atoms with Crippen LogP contribution in [0.5, 0.6) is 5.75 Å². The van der Waals surface area contributed by atoms with Crippen LogP contribution in [0.25, 0.3) is 0 Å². The van der Waals surface area contributed by atoms with Gasteiger partial charge in [-0.1, -0.05) is 65.1 Å². The molecule has 0 radical (unpaired) electrons. The first kappa shape index (κ1) is 20.2. The molecule has 0 saturated heterocycles. The van der Waals surface area contributed by atoms with Gasteiger partial charge in [-0.3, -0.25) is 4.79 Å². The van der Waals surface area contributed by atoms with Crippen molar-refractivity contribution in [3.05, 3.63) is 98.5 Å². The number of amides is 1. The quantitative estimate of drug-likeness (QED) is 0.383. The fourth-order valence-corrected chi connectivity index (χ4v) is 2.93. The van der Waals surface area contributed by atoms with Crippen LogP contribution < -0.4 is 10.2 Å². The molecule has 142 valence electrons. The Morgan fingerprint density at radius 1 is 0.964 bits per heavy atom. The monoisotopic (exact) mass is 432 g/mol. The van der Waals surface area contributed by atoms with Crippen LogP contribution in [-0.2, 0) is 6.61 Å². The van der Waals surface area contributed by atoms with Gasteiger partial charge in [0.05, 0.1) is 16.8 Å². The largest absolute Gasteiger partial charge is 0.488 e. The number of para-hydroxylation sites is 1. The zero-order valence-electron chi connectivity index (χ0n) is 14.5. The van der Waals surface area contributed by atoms with E-state index in [1.807, 2.05) is 12.1 Å². The predicted molar refractivity (Wildman–Crippen MR) is 114 cm³/mol. The molecule has 0 spiro atoms. The lowest BCUT2D eigenvalue weighted by Gasteiger charge is -2.10. The van der Waals surface area contributed by atoms with Gasteiger partial charge in [-0.2, -0.15) is 5.10 Å². The van der Waals surface area contributed by atoms with Crippen molar-refractivity contribution < 1.29 is 9.53 Å². The minimum atomic E-state index is -0.395. The van der Waals surface area contributed by atoms with Crippen LogP contribution in [-0.4, -0.2) is 12.1 Å². The van der Waals surface area contributed by atoms with Gasteiger partial charge in [0.25, 0.3) is 5.91 Å². The van der Waals surface area contributed by atoms with Crippen molar-refractivity contribution in [1.82, 2.24) is 5.43 Å². The molecule has 0 atom stereocenters. The lowest BCUT2D eigenvalue weighted by Crippen LogP contribution is -2.18. The zero-order valence-corrected chi connectivity index (χ0v) is 16.8. The van der Waals surface area contributed by atoms with E-state index in [0.29, 0.717) is 38.6 Å². The summed E-state index contributed by atoms with van der Waals surface area (Å²) in [6.45, 7) is 0.311. The predicted octanol–water partition coefficient (Wildman–Crippen LogP) is 5.99. The molecule has 1 amide bonds. The Morgan fingerprint density at radius 3 is 2.43 bits per heavy atom. The maximum absolute atomic E-state index is 12.5. The van der Waals surface area contributed by atoms with Crippen LogP contribution in [0.4, 0.5) is 0 Å². The molecule has 3 aromatic carbocycles. The molecule has 0 aromatic heterocycles. The molecule has 0 unspecified atom stereocenters. The summed E-state index contributed by atoms with van der Waals surface area (Å²) in [5, 5.41) is 5.58. The number of hydrogen-bond donors (Lipinski definition) is 1. The molecule has 28 heavy (non-hydrogen) atoms. The lowest BCUT2D eigenvalue weighted by molar-refractivity contribution is 0.0950. The molecule has 0 aliphatic heterocycles. The Morgan fingerprint density at radius 2 is 1.68 bits per heavy atom. The first-order valence-corrected chi connectivity index (χ1v) is 9.41. The van der Waals surface area contributed by atoms with Gasteiger partial charge in [0.15, 0.2) is 0 Å². The minimum Gasteiger partial charge on any atom is -0.488 e. The third-order valence-electron chi connectivity index (χ3n) is 3.77. The Bertz CT molecular complexity index is 1000. The molecule has 0 fully saturated rings. The second-order valence-corrected chi connectivity index (χ2v) is 7.06. The second-order valence-electron chi connectivity index (χ2n) is 5.78. The molecule has 0 saturated carbocycles. The molecular weight excluding hydrogens is 419 g/mol. The van der Waals surface area contributed by atoms with E-state index in [0.717, 1.165) is 5.56 Å². The number of benzene rings is 3. The van der Waals surface area contributed by atoms with Crippen molar-refractivity contribution >= 4 is 46.9 Å². The Kier molecular flexibility index (Phi) is 6.93. The van der Waals surface area contributed by atoms with Crippen molar-refractivity contribution in [2.75, 3.05) is 0 Å². The van der Waals surface area contributed by atoms with E-state index in [-0.39, 0.29) is 0 Å². The normalized spacial score (nSPS) is 10.8. The van der Waals surface area contributed by atoms with Gasteiger partial charge in [-0.25, -0.2) is 5.43 Å². The van der Waals surface area contributed by atoms with Crippen LogP contribution in [0.15, 0.2) is 71.8 Å². The topological polar surface area (TPSA) is 50.7 Å². The number of hydrogen-bond acceptors (Lipinski definition) is 3. The van der Waals surface area contributed by atoms with Crippen molar-refractivity contribution in [3.63, 3.8) is 0 Å². The molecule has 0 heterocycles. The number of carbonyl (C=O) groups excluding carboxylic acids is 1. The maximum atomic E-state index is 12.5. The number of carbonyl (C=O) groups is 1. The summed E-state index contributed by atoms with van der Waals surface area (Å²) in [6.07, 6.45) is 1.45. The average molecular weight is 434 g/mol. The highest BCUT2D eigenvalue weighted by atomic mass is 35.5. The third-order valence-corrected chi connectivity index (χ3v) is 4.59. The van der Waals surface area contributed by atoms with Crippen LogP contribution >= 0.6 is 34.8 Å². The van der Waals surface area contributed by atoms with Crippen LogP contribution in [0.2, 0.25) is 15.1 Å². The molecule has 0 aliphatic rings. The molecule has 7 heteroatoms. The first-order chi connectivity index (χ1) is 13.5. The summed E-state index contributed by atoms with van der Waals surface area (Å²) < 4.78 is 5.79. The zero-order chi connectivity index (χ0) is 19.9. The number of halogens is 3. The van der Waals surface area contributed by atoms with Crippen molar-refractivity contribution in [2.24, 2.45) is 5.10 Å². The maximum Gasteiger partial charge on any atom is 0.275 e. The number of rotatable bonds is 6. The van der Waals surface area contributed by atoms with E-state index in [4.69, 9.17) is 39.5 Å². The van der Waals surface area contributed by atoms with Gasteiger partial charge in [0.1, 0.15) is 12.4 Å². The number of ether oxygens (including phenoxy) is 1. The van der Waals surface area contributed by atoms with E-state index >= 15 is 0 Å². The third kappa shape index (κ3) is 5.49. The van der Waals surface area contributed by atoms with Crippen LogP contribution in [0, 0.1) is 0 Å². The van der Waals surface area contributed by atoms with E-state index in [1.54, 1.807) is 54.6 Å². The summed E-state index contributed by atoms with van der Waals surface area (Å²) in [5.74, 6) is 0.0581. The van der Waals surface area contributed by atoms with Crippen molar-refractivity contribution in [2.45, 2.75) is 6.61 Å². The summed E-state index contributed by atoms with van der Waals surface area (Å²) in [5.41, 5.74) is 4.43. The van der Waals surface area contributed by atoms with Crippen molar-refractivity contribution in [3.8, 4) is 5.75 Å². The van der Waals surface area contributed by atoms with Gasteiger partial charge in [0, 0.05) is 15.6 Å². The van der Waals surface area contributed by atoms with Gasteiger partial charge in [0.2, 0.25) is 0 Å². The highest BCUT2D eigenvalue weighted by molar-refractivity contribution is 6.36. The van der Waals surface area contributed by atoms with E-state index < -0.39 is 5.91 Å². The van der Waals surface area contributed by atoms with Gasteiger partial charge in [-0.05, 0) is 42.0 Å². The fourth-order valence-electron chi connectivity index (χ4n) is 2.35. The standard InChI is InChI=1S/C21H15Cl3N2O2/c22-16-8-5-14(6-9-16)13-28-20-4-2-1-3-18(20)21(27)26-25-12-15-7-10-17(23)11-19(15)24/h1-12H,13H2,(H,26,27). The number of hydrazone groups is 1. The van der Waals surface area contributed by atoms with E-state index in [9.17, 15) is 4.79 Å². The molecular formula is C21H15Cl3N2O2. The van der Waals surface area contributed by atoms with E-state index in [1.165, 1.54) is 6.21 Å². The fraction of sp³-hybridized carbons (Fsp3) is 0.0476. The van der Waals surface area contributed by atoms with Crippen molar-refractivity contribution in [1.29, 1.82) is 0 Å². The second kappa shape index (κ2) is 9.60. The first-order valence-electron chi connectivity index (χ1n) is 8.27. The molecule has 3 aromatic rings. The lowest BCUT2D eigenvalue weighted by atomic mass is 10.2. The average Bonchev–Trinajstić information content (AvgIpc) is 2.69. The molecule has 1 N–H and O–H groups in total. The summed E-state index contributed by atoms with van der Waals surface area (Å²) in [6, 6.07) is 19.3. The summed E-state index contributed by atoms with van der Waals surface area (Å²) in [7, 11) is 0. The Balaban J connectivity index is 1.66. The minimum absolute atomic E-state index is 0.311. The highest BCUT2D eigenvalue weighted by Gasteiger charge is 2.11. The van der Waals surface area contributed by atoms with E-state index in [2.05, 4.69) is 10.5 Å². The SMILES string of the molecule is O=C(NN=Cc1ccc(Cl)cc1Cl)c1ccccc1OCc1ccc(Cl)cc1. The number of nitrogens with zero attached hydrogens (tertiary/aromatic N) is 1. The van der Waals surface area contributed by atoms with Gasteiger partial charge < -0.3 is 4.74 Å². The van der Waals surface area contributed by atoms with Gasteiger partial charge in [-0.15, -0.1) is 0 Å². The highest BCUT2D eigenvalue weighted by Crippen LogP contribution is 2.21. The summed E-state index contributed by atoms with van der Waals surface area (Å²) >= 11 is 17.8. The Hall–Kier alpha value is -2.53. The summed E-state index contributed by atoms with van der Waals surface area (Å²) in [4.78, 5) is 12.5. The van der Waals surface area contributed by atoms with Crippen LogP contribution in [0.1, 0.15) is 21.5 Å². The smallest absolute Gasteiger partial charge is 0.275 e. The molecule has 0 aliphatic carbocycles. The number of nitrogens with one attached hydrogen (secondary N) is 1.